The highest BCUT2D eigenvalue weighted by Gasteiger charge is 2.77. The van der Waals surface area contributed by atoms with Crippen LogP contribution in [-0.4, -0.2) is 74.2 Å². The first kappa shape index (κ1) is 25.0. The van der Waals surface area contributed by atoms with Crippen LogP contribution < -0.4 is 19.1 Å². The van der Waals surface area contributed by atoms with Crippen LogP contribution in [0, 0.1) is 5.92 Å². The number of hydrogen-bond acceptors (Lipinski definition) is 8. The fourth-order valence-electron chi connectivity index (χ4n) is 6.78. The van der Waals surface area contributed by atoms with Gasteiger partial charge in [0.25, 0.3) is 0 Å². The maximum atomic E-state index is 12.9. The predicted molar refractivity (Wildman–Crippen MR) is 144 cm³/mol. The number of benzene rings is 2. The van der Waals surface area contributed by atoms with Gasteiger partial charge in [-0.05, 0) is 43.8 Å². The Morgan fingerprint density at radius 2 is 1.76 bits per heavy atom. The van der Waals surface area contributed by atoms with E-state index in [1.807, 2.05) is 61.5 Å². The van der Waals surface area contributed by atoms with E-state index in [-0.39, 0.29) is 17.7 Å². The molecule has 6 rings (SSSR count). The largest absolute Gasteiger partial charge is 0.481 e. The molecule has 3 aliphatic rings. The second kappa shape index (κ2) is 9.15. The maximum Gasteiger partial charge on any atom is 0.226 e. The van der Waals surface area contributed by atoms with E-state index in [1.165, 1.54) is 20.6 Å². The minimum absolute atomic E-state index is 0.178. The number of fused-ring (bicyclic) bond motifs is 3. The van der Waals surface area contributed by atoms with Crippen LogP contribution in [0.3, 0.4) is 0 Å². The molecule has 2 aromatic carbocycles. The maximum absolute atomic E-state index is 12.9. The lowest BCUT2D eigenvalue weighted by Gasteiger charge is -2.41. The highest BCUT2D eigenvalue weighted by molar-refractivity contribution is 5.61. The summed E-state index contributed by atoms with van der Waals surface area (Å²) in [6.07, 6.45) is 0.0167. The number of pyridine rings is 1. The van der Waals surface area contributed by atoms with Crippen molar-refractivity contribution in [1.29, 1.82) is 0 Å². The normalized spacial score (nSPS) is 29.4. The van der Waals surface area contributed by atoms with Gasteiger partial charge in [0, 0.05) is 43.2 Å². The molecule has 1 saturated heterocycles. The van der Waals surface area contributed by atoms with E-state index in [0.29, 0.717) is 23.7 Å². The highest BCUT2D eigenvalue weighted by atomic mass is 16.5. The molecule has 0 spiro atoms. The van der Waals surface area contributed by atoms with Crippen LogP contribution in [0.1, 0.15) is 29.0 Å². The van der Waals surface area contributed by atoms with E-state index in [9.17, 15) is 10.2 Å². The van der Waals surface area contributed by atoms with Crippen molar-refractivity contribution in [2.24, 2.45) is 5.92 Å². The molecule has 2 aliphatic heterocycles. The molecule has 38 heavy (non-hydrogen) atoms. The Morgan fingerprint density at radius 3 is 2.34 bits per heavy atom. The van der Waals surface area contributed by atoms with Gasteiger partial charge >= 0.3 is 0 Å². The van der Waals surface area contributed by atoms with E-state index in [4.69, 9.17) is 14.2 Å². The fraction of sp³-hybridized carbons (Fsp3) is 0.433. The van der Waals surface area contributed by atoms with Crippen LogP contribution >= 0.6 is 0 Å². The van der Waals surface area contributed by atoms with Gasteiger partial charge in [-0.3, -0.25) is 0 Å². The number of ether oxygens (including phenoxy) is 3. The number of anilines is 1. The van der Waals surface area contributed by atoms with Gasteiger partial charge in [-0.2, -0.15) is 4.98 Å². The molecule has 0 radical (unpaired) electrons. The topological polar surface area (TPSA) is 87.5 Å². The van der Waals surface area contributed by atoms with Gasteiger partial charge in [-0.15, -0.1) is 0 Å². The second-order valence-corrected chi connectivity index (χ2v) is 10.8. The first-order chi connectivity index (χ1) is 18.3. The molecular formula is C30H35N3O5. The van der Waals surface area contributed by atoms with E-state index in [0.717, 1.165) is 29.9 Å². The summed E-state index contributed by atoms with van der Waals surface area (Å²) in [7, 11) is 6.98. The zero-order chi connectivity index (χ0) is 26.7. The van der Waals surface area contributed by atoms with Gasteiger partial charge in [-0.25, -0.2) is 0 Å². The van der Waals surface area contributed by atoms with Crippen molar-refractivity contribution in [3.8, 4) is 17.5 Å². The summed E-state index contributed by atoms with van der Waals surface area (Å²) in [6, 6.07) is 19.9. The van der Waals surface area contributed by atoms with Gasteiger partial charge in [0.15, 0.2) is 11.2 Å². The number of nitrogens with zero attached hydrogens (tertiary/aromatic N) is 3. The molecular weight excluding hydrogens is 482 g/mol. The minimum Gasteiger partial charge on any atom is -0.481 e. The first-order valence-corrected chi connectivity index (χ1v) is 13.1. The molecule has 5 atom stereocenters. The van der Waals surface area contributed by atoms with Crippen molar-refractivity contribution in [2.45, 2.75) is 29.6 Å². The molecule has 1 aromatic heterocycles. The third kappa shape index (κ3) is 3.37. The lowest BCUT2D eigenvalue weighted by atomic mass is 9.70. The Kier molecular flexibility index (Phi) is 6.01. The molecule has 1 saturated carbocycles. The fourth-order valence-corrected chi connectivity index (χ4v) is 6.78. The average molecular weight is 518 g/mol. The molecule has 2 N–H and O–H groups in total. The lowest BCUT2D eigenvalue weighted by Crippen LogP contribution is -2.52. The summed E-state index contributed by atoms with van der Waals surface area (Å²) in [6.45, 7) is 2.62. The molecule has 0 amide bonds. The summed E-state index contributed by atoms with van der Waals surface area (Å²) in [5, 5.41) is 25.0. The van der Waals surface area contributed by atoms with Crippen molar-refractivity contribution in [2.75, 3.05) is 52.8 Å². The molecule has 0 bridgehead atoms. The molecule has 2 fully saturated rings. The quantitative estimate of drug-likeness (QED) is 0.495. The third-order valence-corrected chi connectivity index (χ3v) is 8.50. The Hall–Kier alpha value is -3.33. The van der Waals surface area contributed by atoms with Gasteiger partial charge in [0.05, 0.1) is 25.9 Å². The van der Waals surface area contributed by atoms with Crippen molar-refractivity contribution in [3.63, 3.8) is 0 Å². The summed E-state index contributed by atoms with van der Waals surface area (Å²) in [4.78, 5) is 8.84. The smallest absolute Gasteiger partial charge is 0.226 e. The summed E-state index contributed by atoms with van der Waals surface area (Å²) >= 11 is 0. The van der Waals surface area contributed by atoms with E-state index in [2.05, 4.69) is 22.0 Å². The standard InChI is InChI=1S/C30H35N3O5/c1-32(2)18-22-25(19-9-6-5-7-10-19)30(20-11-13-21(14-12-20)33-15-8-16-33)29(35,27(22)34)26-23(38-30)17-24(36-3)31-28(26)37-4/h5-7,9-14,17,22,25,27,34-35H,8,15-16,18H2,1-4H3/t22-,25-,27-,29+,30+/m1/s1. The van der Waals surface area contributed by atoms with E-state index >= 15 is 0 Å². The van der Waals surface area contributed by atoms with Gasteiger partial charge < -0.3 is 34.2 Å². The predicted octanol–water partition coefficient (Wildman–Crippen LogP) is 3.12. The Labute approximate surface area is 223 Å². The van der Waals surface area contributed by atoms with Crippen LogP contribution in [0.4, 0.5) is 5.69 Å². The van der Waals surface area contributed by atoms with Gasteiger partial charge in [0.2, 0.25) is 11.8 Å². The monoisotopic (exact) mass is 517 g/mol. The van der Waals surface area contributed by atoms with Crippen LogP contribution in [0.2, 0.25) is 0 Å². The van der Waals surface area contributed by atoms with Gasteiger partial charge in [0.1, 0.15) is 5.75 Å². The van der Waals surface area contributed by atoms with Crippen molar-refractivity contribution >= 4 is 5.69 Å². The van der Waals surface area contributed by atoms with Crippen LogP contribution in [0.15, 0.2) is 60.7 Å². The summed E-state index contributed by atoms with van der Waals surface area (Å²) in [5.74, 6) is 0.142. The Balaban J connectivity index is 1.63. The Morgan fingerprint density at radius 1 is 1.05 bits per heavy atom. The molecule has 8 heteroatoms. The van der Waals surface area contributed by atoms with Crippen molar-refractivity contribution in [3.05, 3.63) is 77.4 Å². The van der Waals surface area contributed by atoms with Crippen molar-refractivity contribution < 1.29 is 24.4 Å². The lowest BCUT2D eigenvalue weighted by molar-refractivity contribution is -0.152. The molecule has 200 valence electrons. The zero-order valence-electron chi connectivity index (χ0n) is 22.3. The third-order valence-electron chi connectivity index (χ3n) is 8.50. The first-order valence-electron chi connectivity index (χ1n) is 13.1. The summed E-state index contributed by atoms with van der Waals surface area (Å²) in [5.41, 5.74) is 0.0691. The number of hydrogen-bond donors (Lipinski definition) is 2. The molecule has 3 heterocycles. The highest BCUT2D eigenvalue weighted by Crippen LogP contribution is 2.70. The van der Waals surface area contributed by atoms with Crippen molar-refractivity contribution in [1.82, 2.24) is 9.88 Å². The van der Waals surface area contributed by atoms with E-state index in [1.54, 1.807) is 6.07 Å². The SMILES string of the molecule is COc1cc2c(c(OC)n1)[C@]1(O)[C@H](O)[C@H](CN(C)C)[C@@H](c3ccccc3)[C@]1(c1ccc(N3CCC3)cc1)O2. The summed E-state index contributed by atoms with van der Waals surface area (Å²) < 4.78 is 18.0. The molecule has 1 aliphatic carbocycles. The number of aliphatic hydroxyl groups is 2. The minimum atomic E-state index is -1.84. The van der Waals surface area contributed by atoms with Gasteiger partial charge in [-0.1, -0.05) is 42.5 Å². The number of rotatable bonds is 7. The van der Waals surface area contributed by atoms with Crippen LogP contribution in [0.5, 0.6) is 17.5 Å². The Bertz CT molecular complexity index is 1310. The zero-order valence-corrected chi connectivity index (χ0v) is 22.3. The van der Waals surface area contributed by atoms with E-state index < -0.39 is 17.3 Å². The number of aliphatic hydroxyl groups excluding tert-OH is 1. The molecule has 8 nitrogen and oxygen atoms in total. The number of aromatic nitrogens is 1. The second-order valence-electron chi connectivity index (χ2n) is 10.8. The average Bonchev–Trinajstić information content (AvgIpc) is 3.26. The van der Waals surface area contributed by atoms with Crippen LogP contribution in [0.25, 0.3) is 0 Å². The molecule has 0 unspecified atom stereocenters. The molecule has 3 aromatic rings. The number of methoxy groups -OCH3 is 2. The van der Waals surface area contributed by atoms with Crippen LogP contribution in [-0.2, 0) is 11.2 Å².